The molecule has 0 fully saturated rings. The van der Waals surface area contributed by atoms with Crippen LogP contribution in [0.4, 0.5) is 0 Å². The van der Waals surface area contributed by atoms with Gasteiger partial charge in [0.15, 0.2) is 0 Å². The molecule has 1 rings (SSSR count). The molecule has 1 heteroatoms. The third kappa shape index (κ3) is 2.98. The number of rotatable bonds is 4. The molecule has 0 heterocycles. The molecule has 0 radical (unpaired) electrons. The maximum absolute atomic E-state index is 3.51. The summed E-state index contributed by atoms with van der Waals surface area (Å²) in [5.41, 5.74) is 4.25. The van der Waals surface area contributed by atoms with E-state index in [4.69, 9.17) is 0 Å². The quantitative estimate of drug-likeness (QED) is 0.696. The van der Waals surface area contributed by atoms with Gasteiger partial charge in [0.25, 0.3) is 0 Å². The molecule has 0 bridgehead atoms. The van der Waals surface area contributed by atoms with Crippen LogP contribution in [0.25, 0.3) is 6.08 Å². The molecule has 0 saturated heterocycles. The predicted molar refractivity (Wildman–Crippen MR) is 67.9 cm³/mol. The maximum Gasteiger partial charge on any atom is 0.0245 e. The minimum absolute atomic E-state index is 0.974. The van der Waals surface area contributed by atoms with Crippen molar-refractivity contribution < 1.29 is 0 Å². The summed E-state index contributed by atoms with van der Waals surface area (Å²) in [5, 5.41) is 0.974. The van der Waals surface area contributed by atoms with Crippen LogP contribution in [0, 0.1) is 0 Å². The summed E-state index contributed by atoms with van der Waals surface area (Å²) in [6.45, 7) is 4.40. The minimum atomic E-state index is 0.974. The molecule has 0 saturated carbocycles. The first-order valence-corrected chi connectivity index (χ1v) is 6.27. The molecule has 0 unspecified atom stereocenters. The van der Waals surface area contributed by atoms with E-state index in [0.29, 0.717) is 0 Å². The highest BCUT2D eigenvalue weighted by molar-refractivity contribution is 9.09. The van der Waals surface area contributed by atoms with Gasteiger partial charge in [-0.3, -0.25) is 0 Å². The van der Waals surface area contributed by atoms with E-state index >= 15 is 0 Å². The molecule has 0 amide bonds. The van der Waals surface area contributed by atoms with Crippen molar-refractivity contribution >= 4 is 22.0 Å². The standard InChI is InChI=1S/C13H17Br/c1-3-11(10-14)9-13-8-6-5-7-12(13)4-2/h5-9H,3-4,10H2,1-2H3. The Kier molecular flexibility index (Phi) is 4.95. The highest BCUT2D eigenvalue weighted by Crippen LogP contribution is 2.16. The molecular weight excluding hydrogens is 236 g/mol. The van der Waals surface area contributed by atoms with E-state index in [0.717, 1.165) is 18.2 Å². The van der Waals surface area contributed by atoms with E-state index in [1.165, 1.54) is 16.7 Å². The van der Waals surface area contributed by atoms with Crippen molar-refractivity contribution in [3.63, 3.8) is 0 Å². The Hall–Kier alpha value is -0.560. The van der Waals surface area contributed by atoms with E-state index < -0.39 is 0 Å². The number of halogens is 1. The smallest absolute Gasteiger partial charge is 0.0245 e. The second-order valence-corrected chi connectivity index (χ2v) is 3.90. The van der Waals surface area contributed by atoms with Gasteiger partial charge >= 0.3 is 0 Å². The first-order chi connectivity index (χ1) is 6.81. The highest BCUT2D eigenvalue weighted by atomic mass is 79.9. The van der Waals surface area contributed by atoms with E-state index in [-0.39, 0.29) is 0 Å². The van der Waals surface area contributed by atoms with Crippen LogP contribution >= 0.6 is 15.9 Å². The fourth-order valence-electron chi connectivity index (χ4n) is 1.45. The van der Waals surface area contributed by atoms with Crippen LogP contribution in [-0.4, -0.2) is 5.33 Å². The molecule has 0 nitrogen and oxygen atoms in total. The van der Waals surface area contributed by atoms with Crippen LogP contribution in [0.1, 0.15) is 31.4 Å². The molecule has 76 valence electrons. The van der Waals surface area contributed by atoms with Crippen molar-refractivity contribution in [2.45, 2.75) is 26.7 Å². The Morgan fingerprint density at radius 3 is 2.57 bits per heavy atom. The Morgan fingerprint density at radius 2 is 2.00 bits per heavy atom. The zero-order valence-corrected chi connectivity index (χ0v) is 10.5. The van der Waals surface area contributed by atoms with Crippen molar-refractivity contribution in [1.82, 2.24) is 0 Å². The first kappa shape index (κ1) is 11.5. The fraction of sp³-hybridized carbons (Fsp3) is 0.385. The van der Waals surface area contributed by atoms with Crippen molar-refractivity contribution in [3.8, 4) is 0 Å². The topological polar surface area (TPSA) is 0 Å². The van der Waals surface area contributed by atoms with Gasteiger partial charge in [-0.15, -0.1) is 0 Å². The lowest BCUT2D eigenvalue weighted by Gasteiger charge is -2.05. The van der Waals surface area contributed by atoms with Gasteiger partial charge in [-0.05, 0) is 24.0 Å². The van der Waals surface area contributed by atoms with Gasteiger partial charge in [0.05, 0.1) is 0 Å². The van der Waals surface area contributed by atoms with Crippen LogP contribution in [0.2, 0.25) is 0 Å². The Bertz CT molecular complexity index is 307. The average Bonchev–Trinajstić information content (AvgIpc) is 2.26. The third-order valence-corrected chi connectivity index (χ3v) is 3.14. The highest BCUT2D eigenvalue weighted by Gasteiger charge is 1.97. The zero-order chi connectivity index (χ0) is 10.4. The van der Waals surface area contributed by atoms with E-state index in [2.05, 4.69) is 60.1 Å². The SMILES string of the molecule is CCC(=Cc1ccccc1CC)CBr. The van der Waals surface area contributed by atoms with Crippen molar-refractivity contribution in [3.05, 3.63) is 41.0 Å². The number of allylic oxidation sites excluding steroid dienone is 1. The number of alkyl halides is 1. The van der Waals surface area contributed by atoms with Gasteiger partial charge < -0.3 is 0 Å². The summed E-state index contributed by atoms with van der Waals surface area (Å²) in [5.74, 6) is 0. The van der Waals surface area contributed by atoms with Gasteiger partial charge in [-0.2, -0.15) is 0 Å². The third-order valence-electron chi connectivity index (χ3n) is 2.42. The average molecular weight is 253 g/mol. The summed E-state index contributed by atoms with van der Waals surface area (Å²) in [4.78, 5) is 0. The Labute approximate surface area is 95.2 Å². The van der Waals surface area contributed by atoms with Crippen molar-refractivity contribution in [2.75, 3.05) is 5.33 Å². The van der Waals surface area contributed by atoms with Crippen LogP contribution in [0.15, 0.2) is 29.8 Å². The summed E-state index contributed by atoms with van der Waals surface area (Å²) in [7, 11) is 0. The largest absolute Gasteiger partial charge is 0.0880 e. The first-order valence-electron chi connectivity index (χ1n) is 5.15. The van der Waals surface area contributed by atoms with E-state index in [1.807, 2.05) is 0 Å². The second kappa shape index (κ2) is 6.02. The summed E-state index contributed by atoms with van der Waals surface area (Å²) < 4.78 is 0. The molecule has 1 aromatic rings. The lowest BCUT2D eigenvalue weighted by molar-refractivity contribution is 1.11. The number of aryl methyl sites for hydroxylation is 1. The lowest BCUT2D eigenvalue weighted by atomic mass is 10.0. The van der Waals surface area contributed by atoms with Gasteiger partial charge in [0.1, 0.15) is 0 Å². The fourth-order valence-corrected chi connectivity index (χ4v) is 2.01. The summed E-state index contributed by atoms with van der Waals surface area (Å²) >= 11 is 3.51. The zero-order valence-electron chi connectivity index (χ0n) is 8.89. The molecular formula is C13H17Br. The van der Waals surface area contributed by atoms with Crippen LogP contribution in [0.5, 0.6) is 0 Å². The number of hydrogen-bond donors (Lipinski definition) is 0. The Morgan fingerprint density at radius 1 is 1.29 bits per heavy atom. The molecule has 0 spiro atoms. The van der Waals surface area contributed by atoms with Crippen LogP contribution in [0.3, 0.4) is 0 Å². The molecule has 0 aliphatic carbocycles. The van der Waals surface area contributed by atoms with Crippen molar-refractivity contribution in [1.29, 1.82) is 0 Å². The summed E-state index contributed by atoms with van der Waals surface area (Å²) in [6.07, 6.45) is 4.52. The van der Waals surface area contributed by atoms with Gasteiger partial charge in [0.2, 0.25) is 0 Å². The molecule has 14 heavy (non-hydrogen) atoms. The summed E-state index contributed by atoms with van der Waals surface area (Å²) in [6, 6.07) is 8.60. The van der Waals surface area contributed by atoms with E-state index in [9.17, 15) is 0 Å². The normalized spacial score (nSPS) is 11.8. The Balaban J connectivity index is 3.00. The molecule has 0 N–H and O–H groups in total. The van der Waals surface area contributed by atoms with Crippen molar-refractivity contribution in [2.24, 2.45) is 0 Å². The molecule has 0 aliphatic heterocycles. The van der Waals surface area contributed by atoms with Gasteiger partial charge in [0, 0.05) is 5.33 Å². The maximum atomic E-state index is 3.51. The van der Waals surface area contributed by atoms with Crippen LogP contribution in [-0.2, 0) is 6.42 Å². The van der Waals surface area contributed by atoms with Gasteiger partial charge in [-0.25, -0.2) is 0 Å². The molecule has 0 aromatic heterocycles. The number of hydrogen-bond acceptors (Lipinski definition) is 0. The molecule has 1 aromatic carbocycles. The van der Waals surface area contributed by atoms with Crippen LogP contribution < -0.4 is 0 Å². The second-order valence-electron chi connectivity index (χ2n) is 3.34. The van der Waals surface area contributed by atoms with E-state index in [1.54, 1.807) is 0 Å². The van der Waals surface area contributed by atoms with Gasteiger partial charge in [-0.1, -0.05) is 65.7 Å². The number of benzene rings is 1. The molecule has 0 atom stereocenters. The lowest BCUT2D eigenvalue weighted by Crippen LogP contribution is -1.88. The minimum Gasteiger partial charge on any atom is -0.0880 e. The molecule has 0 aliphatic rings. The monoisotopic (exact) mass is 252 g/mol. The predicted octanol–water partition coefficient (Wildman–Crippen LogP) is 4.44.